The van der Waals surface area contributed by atoms with Crippen LogP contribution in [0.15, 0.2) is 112 Å². The van der Waals surface area contributed by atoms with Crippen molar-refractivity contribution < 1.29 is 8.83 Å². The largest absolute Gasteiger partial charge is 0.454 e. The van der Waals surface area contributed by atoms with Gasteiger partial charge in [0, 0.05) is 51.7 Å². The van der Waals surface area contributed by atoms with E-state index in [9.17, 15) is 0 Å². The minimum atomic E-state index is 0.647. The number of aromatic nitrogens is 2. The molecule has 156 valence electrons. The first-order chi connectivity index (χ1) is 16.3. The van der Waals surface area contributed by atoms with E-state index < -0.39 is 0 Å². The summed E-state index contributed by atoms with van der Waals surface area (Å²) in [5.74, 6) is 0. The molecule has 0 radical (unpaired) electrons. The number of para-hydroxylation sites is 1. The van der Waals surface area contributed by atoms with Gasteiger partial charge in [-0.25, -0.2) is 4.98 Å². The third-order valence-electron chi connectivity index (χ3n) is 5.97. The van der Waals surface area contributed by atoms with E-state index in [1.54, 1.807) is 12.4 Å². The van der Waals surface area contributed by atoms with Gasteiger partial charge in [0.05, 0.1) is 0 Å². The van der Waals surface area contributed by atoms with Gasteiger partial charge in [0.15, 0.2) is 5.58 Å². The summed E-state index contributed by atoms with van der Waals surface area (Å²) >= 11 is 0. The Morgan fingerprint density at radius 1 is 0.515 bits per heavy atom. The van der Waals surface area contributed by atoms with Gasteiger partial charge in [0.2, 0.25) is 5.71 Å². The van der Waals surface area contributed by atoms with Crippen LogP contribution in [-0.2, 0) is 0 Å². The second-order valence-corrected chi connectivity index (χ2v) is 7.94. The second-order valence-electron chi connectivity index (χ2n) is 7.94. The minimum absolute atomic E-state index is 0.647. The van der Waals surface area contributed by atoms with Crippen molar-refractivity contribution in [3.05, 3.63) is 103 Å². The predicted molar refractivity (Wildman–Crippen MR) is 131 cm³/mol. The lowest BCUT2D eigenvalue weighted by atomic mass is 10.1. The summed E-state index contributed by atoms with van der Waals surface area (Å²) in [7, 11) is 0. The van der Waals surface area contributed by atoms with Crippen LogP contribution in [0.25, 0.3) is 44.1 Å². The maximum Gasteiger partial charge on any atom is 0.227 e. The Morgan fingerprint density at radius 3 is 2.27 bits per heavy atom. The average Bonchev–Trinajstić information content (AvgIpc) is 3.42. The normalized spacial score (nSPS) is 11.6. The average molecular weight is 427 g/mol. The molecule has 5 nitrogen and oxygen atoms in total. The molecule has 0 aliphatic heterocycles. The highest BCUT2D eigenvalue weighted by Gasteiger charge is 2.17. The number of anilines is 3. The van der Waals surface area contributed by atoms with Crippen molar-refractivity contribution in [2.45, 2.75) is 0 Å². The first-order valence-corrected chi connectivity index (χ1v) is 10.7. The molecule has 0 bridgehead atoms. The third kappa shape index (κ3) is 2.79. The topological polar surface area (TPSA) is 55.3 Å². The zero-order chi connectivity index (χ0) is 21.8. The van der Waals surface area contributed by atoms with E-state index in [-0.39, 0.29) is 0 Å². The molecule has 7 rings (SSSR count). The van der Waals surface area contributed by atoms with E-state index in [0.29, 0.717) is 5.71 Å². The Morgan fingerprint density at radius 2 is 1.33 bits per heavy atom. The molecule has 0 amide bonds. The third-order valence-corrected chi connectivity index (χ3v) is 5.97. The number of furan rings is 2. The van der Waals surface area contributed by atoms with Crippen LogP contribution in [0, 0.1) is 0 Å². The molecule has 0 N–H and O–H groups in total. The Bertz CT molecular complexity index is 1780. The van der Waals surface area contributed by atoms with E-state index in [0.717, 1.165) is 55.5 Å². The van der Waals surface area contributed by atoms with Crippen LogP contribution in [0.4, 0.5) is 17.1 Å². The van der Waals surface area contributed by atoms with Crippen molar-refractivity contribution in [1.29, 1.82) is 0 Å². The lowest BCUT2D eigenvalue weighted by molar-refractivity contribution is 0.654. The zero-order valence-corrected chi connectivity index (χ0v) is 17.5. The second kappa shape index (κ2) is 6.93. The fourth-order valence-corrected chi connectivity index (χ4v) is 4.49. The molecule has 4 heterocycles. The number of benzene rings is 3. The van der Waals surface area contributed by atoms with Crippen LogP contribution in [0.1, 0.15) is 0 Å². The monoisotopic (exact) mass is 427 g/mol. The quantitative estimate of drug-likeness (QED) is 0.289. The van der Waals surface area contributed by atoms with Gasteiger partial charge < -0.3 is 13.7 Å². The van der Waals surface area contributed by atoms with Gasteiger partial charge >= 0.3 is 0 Å². The number of rotatable bonds is 3. The van der Waals surface area contributed by atoms with Crippen molar-refractivity contribution in [2.75, 3.05) is 4.90 Å². The SMILES string of the molecule is c1ccc(N(c2ccc3c(c2)oc2ncccc23)c2ccc3oc4cccnc4c3c2)cc1. The van der Waals surface area contributed by atoms with Gasteiger partial charge in [-0.1, -0.05) is 18.2 Å². The van der Waals surface area contributed by atoms with Crippen molar-refractivity contribution in [2.24, 2.45) is 0 Å². The van der Waals surface area contributed by atoms with Crippen molar-refractivity contribution >= 4 is 61.2 Å². The number of hydrogen-bond acceptors (Lipinski definition) is 5. The number of nitrogens with zero attached hydrogens (tertiary/aromatic N) is 3. The minimum Gasteiger partial charge on any atom is -0.454 e. The summed E-state index contributed by atoms with van der Waals surface area (Å²) in [6.07, 6.45) is 3.54. The number of pyridine rings is 2. The molecule has 0 aliphatic rings. The molecule has 0 aliphatic carbocycles. The maximum atomic E-state index is 6.07. The predicted octanol–water partition coefficient (Wildman–Crippen LogP) is 7.75. The van der Waals surface area contributed by atoms with Crippen LogP contribution in [0.3, 0.4) is 0 Å². The Kier molecular flexibility index (Phi) is 3.78. The van der Waals surface area contributed by atoms with Gasteiger partial charge in [-0.3, -0.25) is 4.98 Å². The smallest absolute Gasteiger partial charge is 0.227 e. The highest BCUT2D eigenvalue weighted by Crippen LogP contribution is 2.40. The van der Waals surface area contributed by atoms with E-state index in [1.165, 1.54) is 0 Å². The molecule has 0 atom stereocenters. The molecule has 3 aromatic carbocycles. The van der Waals surface area contributed by atoms with Crippen LogP contribution in [0.5, 0.6) is 0 Å². The Labute approximate surface area is 188 Å². The summed E-state index contributed by atoms with van der Waals surface area (Å²) in [5, 5.41) is 3.05. The van der Waals surface area contributed by atoms with Crippen molar-refractivity contribution in [1.82, 2.24) is 9.97 Å². The molecule has 4 aromatic heterocycles. The van der Waals surface area contributed by atoms with Crippen LogP contribution < -0.4 is 4.90 Å². The molecular formula is C28H17N3O2. The molecule has 5 heteroatoms. The zero-order valence-electron chi connectivity index (χ0n) is 17.5. The van der Waals surface area contributed by atoms with E-state index in [2.05, 4.69) is 57.3 Å². The number of hydrogen-bond donors (Lipinski definition) is 0. The summed E-state index contributed by atoms with van der Waals surface area (Å²) in [5.41, 5.74) is 6.97. The standard InChI is InChI=1S/C28H17N3O2/c1-2-6-18(7-3-1)31(19-11-13-24-23(16-19)27-25(32-24)9-5-14-29-27)20-10-12-21-22-8-4-15-30-28(22)33-26(21)17-20/h1-17H. The molecule has 0 spiro atoms. The van der Waals surface area contributed by atoms with E-state index in [1.807, 2.05) is 48.5 Å². The molecule has 0 fully saturated rings. The fraction of sp³-hybridized carbons (Fsp3) is 0. The molecule has 0 saturated heterocycles. The van der Waals surface area contributed by atoms with Crippen LogP contribution in [-0.4, -0.2) is 9.97 Å². The first kappa shape index (κ1) is 18.0. The lowest BCUT2D eigenvalue weighted by Crippen LogP contribution is -2.09. The summed E-state index contributed by atoms with van der Waals surface area (Å²) < 4.78 is 12.1. The Hall–Kier alpha value is -4.64. The first-order valence-electron chi connectivity index (χ1n) is 10.7. The van der Waals surface area contributed by atoms with E-state index in [4.69, 9.17) is 8.83 Å². The summed E-state index contributed by atoms with van der Waals surface area (Å²) in [4.78, 5) is 11.1. The van der Waals surface area contributed by atoms with Gasteiger partial charge in [-0.15, -0.1) is 0 Å². The van der Waals surface area contributed by atoms with E-state index >= 15 is 0 Å². The highest BCUT2D eigenvalue weighted by molar-refractivity contribution is 6.06. The van der Waals surface area contributed by atoms with Crippen LogP contribution in [0.2, 0.25) is 0 Å². The van der Waals surface area contributed by atoms with Gasteiger partial charge in [0.1, 0.15) is 16.7 Å². The fourth-order valence-electron chi connectivity index (χ4n) is 4.49. The van der Waals surface area contributed by atoms with Gasteiger partial charge in [-0.2, -0.15) is 0 Å². The summed E-state index contributed by atoms with van der Waals surface area (Å²) in [6.45, 7) is 0. The summed E-state index contributed by atoms with van der Waals surface area (Å²) in [6, 6.07) is 30.6. The van der Waals surface area contributed by atoms with Gasteiger partial charge in [0.25, 0.3) is 0 Å². The molecule has 7 aromatic rings. The van der Waals surface area contributed by atoms with Crippen LogP contribution >= 0.6 is 0 Å². The number of fused-ring (bicyclic) bond motifs is 6. The Balaban J connectivity index is 1.46. The van der Waals surface area contributed by atoms with Crippen molar-refractivity contribution in [3.8, 4) is 0 Å². The lowest BCUT2D eigenvalue weighted by Gasteiger charge is -2.25. The van der Waals surface area contributed by atoms with Gasteiger partial charge in [-0.05, 0) is 66.7 Å². The molecular weight excluding hydrogens is 410 g/mol. The molecule has 0 saturated carbocycles. The maximum absolute atomic E-state index is 6.07. The molecule has 33 heavy (non-hydrogen) atoms. The van der Waals surface area contributed by atoms with Crippen molar-refractivity contribution in [3.63, 3.8) is 0 Å². The molecule has 0 unspecified atom stereocenters. The highest BCUT2D eigenvalue weighted by atomic mass is 16.3.